The summed E-state index contributed by atoms with van der Waals surface area (Å²) in [5.74, 6) is 1.35. The van der Waals surface area contributed by atoms with Crippen LogP contribution in [0.5, 0.6) is 11.5 Å². The van der Waals surface area contributed by atoms with E-state index in [4.69, 9.17) is 9.47 Å². The van der Waals surface area contributed by atoms with Crippen LogP contribution in [0.25, 0.3) is 11.1 Å². The van der Waals surface area contributed by atoms with Crippen molar-refractivity contribution in [1.29, 1.82) is 0 Å². The lowest BCUT2D eigenvalue weighted by molar-refractivity contribution is 0.105. The van der Waals surface area contributed by atoms with E-state index in [-0.39, 0.29) is 5.78 Å². The van der Waals surface area contributed by atoms with Crippen molar-refractivity contribution in [3.05, 3.63) is 95.6 Å². The number of ketones is 1. The normalized spacial score (nSPS) is 11.5. The summed E-state index contributed by atoms with van der Waals surface area (Å²) in [6.07, 6.45) is 0. The number of hydrogen-bond acceptors (Lipinski definition) is 3. The number of carbonyl (C=O) groups is 1. The Labute approximate surface area is 159 Å². The predicted octanol–water partition coefficient (Wildman–Crippen LogP) is 5.52. The van der Waals surface area contributed by atoms with Crippen molar-refractivity contribution in [2.24, 2.45) is 0 Å². The first-order valence-corrected chi connectivity index (χ1v) is 8.73. The van der Waals surface area contributed by atoms with E-state index in [2.05, 4.69) is 0 Å². The quantitative estimate of drug-likeness (QED) is 0.331. The number of hydrogen-bond donors (Lipinski definition) is 0. The number of Topliss-reactive ketones (excluding diaryl/α,β-unsaturated/α-hetero) is 1. The van der Waals surface area contributed by atoms with Gasteiger partial charge in [-0.05, 0) is 35.8 Å². The molecule has 0 radical (unpaired) electrons. The van der Waals surface area contributed by atoms with Gasteiger partial charge in [0.1, 0.15) is 11.5 Å². The molecule has 0 spiro atoms. The molecule has 0 atom stereocenters. The highest BCUT2D eigenvalue weighted by atomic mass is 16.5. The molecule has 3 nitrogen and oxygen atoms in total. The van der Waals surface area contributed by atoms with Gasteiger partial charge in [-0.25, -0.2) is 0 Å². The van der Waals surface area contributed by atoms with Crippen LogP contribution in [-0.2, 0) is 0 Å². The SMILES string of the molecule is COc1cc(OC)cc(C(C)=C(C(=O)c2ccccc2)c2ccccc2)c1. The first-order valence-electron chi connectivity index (χ1n) is 8.73. The molecule has 0 amide bonds. The molecule has 3 heteroatoms. The minimum atomic E-state index is -0.0129. The maximum atomic E-state index is 13.3. The minimum Gasteiger partial charge on any atom is -0.497 e. The molecule has 0 fully saturated rings. The summed E-state index contributed by atoms with van der Waals surface area (Å²) in [7, 11) is 3.23. The third-order valence-corrected chi connectivity index (χ3v) is 4.48. The Balaban J connectivity index is 2.22. The van der Waals surface area contributed by atoms with Gasteiger partial charge < -0.3 is 9.47 Å². The molecule has 0 saturated carbocycles. The lowest BCUT2D eigenvalue weighted by atomic mass is 9.90. The van der Waals surface area contributed by atoms with Gasteiger partial charge in [-0.3, -0.25) is 4.79 Å². The number of allylic oxidation sites excluding steroid dienone is 2. The van der Waals surface area contributed by atoms with Crippen LogP contribution in [-0.4, -0.2) is 20.0 Å². The summed E-state index contributed by atoms with van der Waals surface area (Å²) < 4.78 is 10.8. The molecule has 0 heterocycles. The lowest BCUT2D eigenvalue weighted by Gasteiger charge is -2.14. The van der Waals surface area contributed by atoms with Gasteiger partial charge in [0, 0.05) is 17.2 Å². The topological polar surface area (TPSA) is 35.5 Å². The summed E-state index contributed by atoms with van der Waals surface area (Å²) in [6, 6.07) is 24.7. The van der Waals surface area contributed by atoms with Crippen molar-refractivity contribution in [3.63, 3.8) is 0 Å². The summed E-state index contributed by atoms with van der Waals surface area (Å²) in [5, 5.41) is 0. The fraction of sp³-hybridized carbons (Fsp3) is 0.125. The number of rotatable bonds is 6. The van der Waals surface area contributed by atoms with Crippen molar-refractivity contribution in [1.82, 2.24) is 0 Å². The van der Waals surface area contributed by atoms with Gasteiger partial charge >= 0.3 is 0 Å². The maximum Gasteiger partial charge on any atom is 0.193 e. The molecular formula is C24H22O3. The van der Waals surface area contributed by atoms with Crippen LogP contribution >= 0.6 is 0 Å². The summed E-state index contributed by atoms with van der Waals surface area (Å²) in [6.45, 7) is 1.96. The second-order valence-corrected chi connectivity index (χ2v) is 6.16. The molecule has 0 saturated heterocycles. The van der Waals surface area contributed by atoms with Gasteiger partial charge in [0.15, 0.2) is 5.78 Å². The van der Waals surface area contributed by atoms with Crippen molar-refractivity contribution < 1.29 is 14.3 Å². The zero-order valence-electron chi connectivity index (χ0n) is 15.7. The van der Waals surface area contributed by atoms with Crippen LogP contribution in [0.15, 0.2) is 78.9 Å². The highest BCUT2D eigenvalue weighted by molar-refractivity contribution is 6.34. The smallest absolute Gasteiger partial charge is 0.193 e. The van der Waals surface area contributed by atoms with Gasteiger partial charge in [-0.15, -0.1) is 0 Å². The van der Waals surface area contributed by atoms with E-state index in [9.17, 15) is 4.79 Å². The van der Waals surface area contributed by atoms with Crippen LogP contribution in [0.3, 0.4) is 0 Å². The van der Waals surface area contributed by atoms with Gasteiger partial charge in [0.2, 0.25) is 0 Å². The molecule has 27 heavy (non-hydrogen) atoms. The molecule has 0 unspecified atom stereocenters. The summed E-state index contributed by atoms with van der Waals surface area (Å²) in [5.41, 5.74) is 3.95. The van der Waals surface area contributed by atoms with Gasteiger partial charge in [-0.1, -0.05) is 60.7 Å². The van der Waals surface area contributed by atoms with Gasteiger partial charge in [0.05, 0.1) is 14.2 Å². The maximum absolute atomic E-state index is 13.3. The van der Waals surface area contributed by atoms with Crippen molar-refractivity contribution in [2.75, 3.05) is 14.2 Å². The molecule has 0 aromatic heterocycles. The number of ether oxygens (including phenoxy) is 2. The Morgan fingerprint density at radius 2 is 1.15 bits per heavy atom. The zero-order chi connectivity index (χ0) is 19.2. The van der Waals surface area contributed by atoms with Crippen molar-refractivity contribution >= 4 is 16.9 Å². The molecule has 3 rings (SSSR count). The second-order valence-electron chi connectivity index (χ2n) is 6.16. The van der Waals surface area contributed by atoms with E-state index in [1.165, 1.54) is 0 Å². The van der Waals surface area contributed by atoms with E-state index < -0.39 is 0 Å². The molecule has 0 N–H and O–H groups in total. The third-order valence-electron chi connectivity index (χ3n) is 4.48. The fourth-order valence-corrected chi connectivity index (χ4v) is 3.02. The monoisotopic (exact) mass is 358 g/mol. The van der Waals surface area contributed by atoms with E-state index >= 15 is 0 Å². The van der Waals surface area contributed by atoms with Crippen LogP contribution in [0.2, 0.25) is 0 Å². The zero-order valence-corrected chi connectivity index (χ0v) is 15.7. The molecule has 3 aromatic carbocycles. The first kappa shape index (κ1) is 18.5. The molecule has 3 aromatic rings. The standard InChI is InChI=1S/C24H22O3/c1-17(20-14-21(26-2)16-22(15-20)27-3)23(18-10-6-4-7-11-18)24(25)19-12-8-5-9-13-19/h4-16H,1-3H3. The Kier molecular flexibility index (Phi) is 5.72. The number of methoxy groups -OCH3 is 2. The second kappa shape index (κ2) is 8.37. The third kappa shape index (κ3) is 4.09. The molecular weight excluding hydrogens is 336 g/mol. The van der Waals surface area contributed by atoms with E-state index in [1.807, 2.05) is 85.8 Å². The van der Waals surface area contributed by atoms with Crippen molar-refractivity contribution in [3.8, 4) is 11.5 Å². The summed E-state index contributed by atoms with van der Waals surface area (Å²) in [4.78, 5) is 13.3. The molecule has 0 aliphatic rings. The first-order chi connectivity index (χ1) is 13.1. The Morgan fingerprint density at radius 3 is 1.63 bits per heavy atom. The highest BCUT2D eigenvalue weighted by Crippen LogP contribution is 2.33. The van der Waals surface area contributed by atoms with E-state index in [1.54, 1.807) is 14.2 Å². The average Bonchev–Trinajstić information content (AvgIpc) is 2.74. The Hall–Kier alpha value is -3.33. The van der Waals surface area contributed by atoms with Gasteiger partial charge in [-0.2, -0.15) is 0 Å². The van der Waals surface area contributed by atoms with Crippen LogP contribution in [0.4, 0.5) is 0 Å². The Bertz CT molecular complexity index is 935. The molecule has 136 valence electrons. The van der Waals surface area contributed by atoms with Crippen LogP contribution < -0.4 is 9.47 Å². The van der Waals surface area contributed by atoms with Gasteiger partial charge in [0.25, 0.3) is 0 Å². The number of carbonyl (C=O) groups excluding carboxylic acids is 1. The molecule has 0 bridgehead atoms. The molecule has 0 aliphatic carbocycles. The highest BCUT2D eigenvalue weighted by Gasteiger charge is 2.18. The molecule has 0 aliphatic heterocycles. The van der Waals surface area contributed by atoms with E-state index in [0.717, 1.165) is 16.7 Å². The average molecular weight is 358 g/mol. The van der Waals surface area contributed by atoms with Crippen LogP contribution in [0, 0.1) is 0 Å². The van der Waals surface area contributed by atoms with E-state index in [0.29, 0.717) is 22.6 Å². The minimum absolute atomic E-state index is 0.0129. The fourth-order valence-electron chi connectivity index (χ4n) is 3.02. The van der Waals surface area contributed by atoms with Crippen molar-refractivity contribution in [2.45, 2.75) is 6.92 Å². The predicted molar refractivity (Wildman–Crippen MR) is 109 cm³/mol. The largest absolute Gasteiger partial charge is 0.497 e. The lowest BCUT2D eigenvalue weighted by Crippen LogP contribution is -2.05. The number of benzene rings is 3. The Morgan fingerprint density at radius 1 is 0.667 bits per heavy atom. The summed E-state index contributed by atoms with van der Waals surface area (Å²) >= 11 is 0. The van der Waals surface area contributed by atoms with Crippen LogP contribution in [0.1, 0.15) is 28.4 Å².